The number of nitrogens with zero attached hydrogens (tertiary/aromatic N) is 1. The Morgan fingerprint density at radius 2 is 1.71 bits per heavy atom. The molecule has 6 N–H and O–H groups in total. The van der Waals surface area contributed by atoms with Gasteiger partial charge < -0.3 is 25.8 Å². The highest BCUT2D eigenvalue weighted by molar-refractivity contribution is 6.52. The van der Waals surface area contributed by atoms with E-state index in [4.69, 9.17) is 20.6 Å². The Morgan fingerprint density at radius 3 is 2.26 bits per heavy atom. The first-order chi connectivity index (χ1) is 16.3. The highest BCUT2D eigenvalue weighted by Crippen LogP contribution is 2.22. The summed E-state index contributed by atoms with van der Waals surface area (Å²) < 4.78 is 10.5. The van der Waals surface area contributed by atoms with E-state index in [9.17, 15) is 9.59 Å². The fourth-order valence-corrected chi connectivity index (χ4v) is 2.86. The SMILES string of the molecule is C=CC(=O)Nc1ccc(N/C(C#Cc2cc(OC)cc(OC)c2)=C2\C(=N)C(=O)NN=C2N)cc1. The number of hydrogen-bond donors (Lipinski definition) is 5. The first-order valence-corrected chi connectivity index (χ1v) is 9.87. The van der Waals surface area contributed by atoms with E-state index in [1.165, 1.54) is 20.3 Å². The van der Waals surface area contributed by atoms with Gasteiger partial charge in [0.05, 0.1) is 19.8 Å². The summed E-state index contributed by atoms with van der Waals surface area (Å²) in [6.45, 7) is 3.42. The molecule has 0 saturated heterocycles. The van der Waals surface area contributed by atoms with Crippen LogP contribution in [0, 0.1) is 17.3 Å². The van der Waals surface area contributed by atoms with Crippen molar-refractivity contribution < 1.29 is 19.1 Å². The van der Waals surface area contributed by atoms with Crippen molar-refractivity contribution in [1.29, 1.82) is 5.41 Å². The number of ether oxygens (including phenoxy) is 2. The summed E-state index contributed by atoms with van der Waals surface area (Å²) in [4.78, 5) is 23.5. The zero-order valence-electron chi connectivity index (χ0n) is 18.5. The summed E-state index contributed by atoms with van der Waals surface area (Å²) in [5.74, 6) is 5.89. The molecule has 0 bridgehead atoms. The average Bonchev–Trinajstić information content (AvgIpc) is 2.85. The zero-order valence-corrected chi connectivity index (χ0v) is 18.5. The van der Waals surface area contributed by atoms with Crippen LogP contribution >= 0.6 is 0 Å². The number of nitrogens with one attached hydrogen (secondary N) is 4. The van der Waals surface area contributed by atoms with E-state index in [-0.39, 0.29) is 28.7 Å². The van der Waals surface area contributed by atoms with Gasteiger partial charge in [0.2, 0.25) is 5.91 Å². The minimum atomic E-state index is -0.712. The monoisotopic (exact) mass is 458 g/mol. The third-order valence-corrected chi connectivity index (χ3v) is 4.55. The lowest BCUT2D eigenvalue weighted by molar-refractivity contribution is -0.115. The molecule has 2 amide bonds. The number of nitrogens with two attached hydrogens (primary N) is 1. The highest BCUT2D eigenvalue weighted by atomic mass is 16.5. The lowest BCUT2D eigenvalue weighted by atomic mass is 10.0. The normalized spacial score (nSPS) is 14.0. The molecule has 0 unspecified atom stereocenters. The fourth-order valence-electron chi connectivity index (χ4n) is 2.86. The first-order valence-electron chi connectivity index (χ1n) is 9.87. The van der Waals surface area contributed by atoms with E-state index < -0.39 is 5.91 Å². The van der Waals surface area contributed by atoms with Crippen LogP contribution in [0.5, 0.6) is 11.5 Å². The van der Waals surface area contributed by atoms with Gasteiger partial charge in [-0.15, -0.1) is 0 Å². The van der Waals surface area contributed by atoms with Crippen LogP contribution in [0.15, 0.2) is 71.5 Å². The number of carbonyl (C=O) groups is 2. The third-order valence-electron chi connectivity index (χ3n) is 4.55. The van der Waals surface area contributed by atoms with E-state index in [1.807, 2.05) is 0 Å². The van der Waals surface area contributed by atoms with E-state index in [1.54, 1.807) is 42.5 Å². The number of hydrogen-bond acceptors (Lipinski definition) is 8. The minimum Gasteiger partial charge on any atom is -0.497 e. The summed E-state index contributed by atoms with van der Waals surface area (Å²) in [6, 6.07) is 11.9. The number of amides is 2. The van der Waals surface area contributed by atoms with Crippen molar-refractivity contribution in [2.24, 2.45) is 10.8 Å². The van der Waals surface area contributed by atoms with Gasteiger partial charge in [-0.3, -0.25) is 15.0 Å². The lowest BCUT2D eigenvalue weighted by Crippen LogP contribution is -2.41. The molecular weight excluding hydrogens is 436 g/mol. The van der Waals surface area contributed by atoms with Crippen LogP contribution < -0.4 is 31.3 Å². The molecule has 2 aromatic carbocycles. The number of benzene rings is 2. The maximum absolute atomic E-state index is 12.0. The number of amidine groups is 1. The van der Waals surface area contributed by atoms with Crippen LogP contribution in [0.25, 0.3) is 0 Å². The predicted octanol–water partition coefficient (Wildman–Crippen LogP) is 1.97. The van der Waals surface area contributed by atoms with Crippen LogP contribution in [0.1, 0.15) is 5.56 Å². The molecule has 34 heavy (non-hydrogen) atoms. The second-order valence-electron chi connectivity index (χ2n) is 6.81. The van der Waals surface area contributed by atoms with Crippen molar-refractivity contribution in [3.05, 3.63) is 72.0 Å². The molecule has 0 saturated carbocycles. The summed E-state index contributed by atoms with van der Waals surface area (Å²) >= 11 is 0. The summed E-state index contributed by atoms with van der Waals surface area (Å²) in [5.41, 5.74) is 9.70. The molecule has 0 fully saturated rings. The fraction of sp³-hybridized carbons (Fsp3) is 0.0833. The zero-order chi connectivity index (χ0) is 24.7. The van der Waals surface area contributed by atoms with Crippen molar-refractivity contribution in [3.63, 3.8) is 0 Å². The second kappa shape index (κ2) is 10.5. The standard InChI is InChI=1S/C24H22N6O4/c1-4-20(31)28-16-8-6-15(7-9-16)27-19(21-22(25)24(32)30-29-23(21)26)10-5-14-11-17(33-2)13-18(12-14)34-3/h4,6-9,11-13,25,27H,1H2,2-3H3,(H2,26,29)(H,28,31)(H,30,32)/b21-19+,25-22?. The number of methoxy groups -OCH3 is 2. The molecule has 10 heteroatoms. The maximum Gasteiger partial charge on any atom is 0.290 e. The molecule has 3 rings (SSSR count). The van der Waals surface area contributed by atoms with Crippen LogP contribution in [0.3, 0.4) is 0 Å². The topological polar surface area (TPSA) is 151 Å². The highest BCUT2D eigenvalue weighted by Gasteiger charge is 2.26. The van der Waals surface area contributed by atoms with Crippen molar-refractivity contribution in [2.45, 2.75) is 0 Å². The van der Waals surface area contributed by atoms with Gasteiger partial charge in [-0.05, 0) is 48.4 Å². The van der Waals surface area contributed by atoms with Crippen LogP contribution in [0.2, 0.25) is 0 Å². The van der Waals surface area contributed by atoms with Crippen molar-refractivity contribution in [1.82, 2.24) is 5.43 Å². The molecule has 10 nitrogen and oxygen atoms in total. The smallest absolute Gasteiger partial charge is 0.290 e. The van der Waals surface area contributed by atoms with Crippen molar-refractivity contribution in [2.75, 3.05) is 24.9 Å². The van der Waals surface area contributed by atoms with Gasteiger partial charge in [0.15, 0.2) is 5.84 Å². The number of rotatable bonds is 6. The van der Waals surface area contributed by atoms with E-state index in [0.717, 1.165) is 0 Å². The summed E-state index contributed by atoms with van der Waals surface area (Å²) in [5, 5.41) is 17.7. The Balaban J connectivity index is 2.04. The molecule has 0 spiro atoms. The Hall–Kier alpha value is -5.04. The van der Waals surface area contributed by atoms with Gasteiger partial charge in [0.1, 0.15) is 22.9 Å². The Bertz CT molecular complexity index is 1260. The quantitative estimate of drug-likeness (QED) is 0.330. The van der Waals surface area contributed by atoms with Crippen molar-refractivity contribution >= 4 is 34.7 Å². The molecule has 172 valence electrons. The number of hydrazone groups is 1. The lowest BCUT2D eigenvalue weighted by Gasteiger charge is -2.17. The van der Waals surface area contributed by atoms with Gasteiger partial charge in [0, 0.05) is 23.0 Å². The largest absolute Gasteiger partial charge is 0.497 e. The van der Waals surface area contributed by atoms with Gasteiger partial charge in [0.25, 0.3) is 5.91 Å². The van der Waals surface area contributed by atoms with Gasteiger partial charge in [-0.2, -0.15) is 5.10 Å². The first kappa shape index (κ1) is 23.6. The van der Waals surface area contributed by atoms with Crippen LogP contribution in [0.4, 0.5) is 11.4 Å². The minimum absolute atomic E-state index is 0.0511. The number of carbonyl (C=O) groups excluding carboxylic acids is 2. The summed E-state index contributed by atoms with van der Waals surface area (Å²) in [7, 11) is 3.06. The van der Waals surface area contributed by atoms with Gasteiger partial charge in [-0.1, -0.05) is 12.5 Å². The van der Waals surface area contributed by atoms with E-state index in [0.29, 0.717) is 28.4 Å². The maximum atomic E-state index is 12.0. The molecular formula is C24H22N6O4. The predicted molar refractivity (Wildman–Crippen MR) is 130 cm³/mol. The molecule has 0 aliphatic carbocycles. The summed E-state index contributed by atoms with van der Waals surface area (Å²) in [6.07, 6.45) is 1.17. The van der Waals surface area contributed by atoms with Crippen LogP contribution in [-0.2, 0) is 9.59 Å². The van der Waals surface area contributed by atoms with Gasteiger partial charge >= 0.3 is 0 Å². The second-order valence-corrected chi connectivity index (χ2v) is 6.81. The molecule has 1 heterocycles. The molecule has 2 aromatic rings. The third kappa shape index (κ3) is 5.60. The van der Waals surface area contributed by atoms with E-state index >= 15 is 0 Å². The Labute approximate surface area is 196 Å². The average molecular weight is 458 g/mol. The molecule has 1 aliphatic rings. The number of allylic oxidation sites excluding steroid dienone is 1. The number of anilines is 2. The Kier molecular flexibility index (Phi) is 7.31. The molecule has 0 aromatic heterocycles. The van der Waals surface area contributed by atoms with Gasteiger partial charge in [-0.25, -0.2) is 5.43 Å². The molecule has 1 aliphatic heterocycles. The molecule has 0 radical (unpaired) electrons. The van der Waals surface area contributed by atoms with Crippen molar-refractivity contribution in [3.8, 4) is 23.3 Å². The van der Waals surface area contributed by atoms with E-state index in [2.05, 4.69) is 39.6 Å². The molecule has 0 atom stereocenters. The van der Waals surface area contributed by atoms with Crippen LogP contribution in [-0.4, -0.2) is 37.6 Å². The Morgan fingerprint density at radius 1 is 1.12 bits per heavy atom.